The Morgan fingerprint density at radius 2 is 1.69 bits per heavy atom. The number of benzene rings is 2. The summed E-state index contributed by atoms with van der Waals surface area (Å²) in [5, 5.41) is 0.981. The van der Waals surface area contributed by atoms with Crippen LogP contribution in [-0.2, 0) is 5.75 Å². The number of halogens is 2. The maximum absolute atomic E-state index is 12.4. The van der Waals surface area contributed by atoms with Gasteiger partial charge in [0.05, 0.1) is 4.47 Å². The normalized spacial score (nSPS) is 10.4. The monoisotopic (exact) mass is 490 g/mol. The van der Waals surface area contributed by atoms with Crippen molar-refractivity contribution >= 4 is 51.1 Å². The number of hydrogen-bond donors (Lipinski definition) is 2. The molecule has 0 aliphatic heterocycles. The zero-order valence-corrected chi connectivity index (χ0v) is 18.4. The Hall–Kier alpha value is -2.42. The van der Waals surface area contributed by atoms with E-state index in [9.17, 15) is 9.59 Å². The van der Waals surface area contributed by atoms with Gasteiger partial charge in [-0.3, -0.25) is 20.4 Å². The van der Waals surface area contributed by atoms with Crippen molar-refractivity contribution in [3.05, 3.63) is 86.6 Å². The fourth-order valence-electron chi connectivity index (χ4n) is 2.26. The van der Waals surface area contributed by atoms with Crippen LogP contribution in [0, 0.1) is 6.92 Å². The maximum Gasteiger partial charge on any atom is 0.289 e. The van der Waals surface area contributed by atoms with E-state index in [0.717, 1.165) is 5.56 Å². The van der Waals surface area contributed by atoms with Crippen LogP contribution in [-0.4, -0.2) is 21.8 Å². The first-order chi connectivity index (χ1) is 13.9. The van der Waals surface area contributed by atoms with Gasteiger partial charge in [0.1, 0.15) is 5.69 Å². The third-order valence-electron chi connectivity index (χ3n) is 3.82. The molecule has 0 atom stereocenters. The third-order valence-corrected chi connectivity index (χ3v) is 5.59. The number of hydrogen-bond acceptors (Lipinski definition) is 5. The van der Waals surface area contributed by atoms with Crippen molar-refractivity contribution in [2.24, 2.45) is 0 Å². The van der Waals surface area contributed by atoms with E-state index in [1.165, 1.54) is 23.5 Å². The van der Waals surface area contributed by atoms with Crippen molar-refractivity contribution in [3.63, 3.8) is 0 Å². The van der Waals surface area contributed by atoms with Crippen LogP contribution in [0.5, 0.6) is 0 Å². The molecule has 0 saturated carbocycles. The molecule has 2 amide bonds. The number of aromatic nitrogens is 2. The SMILES string of the molecule is Cc1ccc(CSc2ncc(Br)c(C(=O)NNC(=O)c3ccc(Cl)cc3)n2)cc1. The van der Waals surface area contributed by atoms with Gasteiger partial charge < -0.3 is 0 Å². The van der Waals surface area contributed by atoms with E-state index in [0.29, 0.717) is 26.0 Å². The van der Waals surface area contributed by atoms with Gasteiger partial charge in [-0.25, -0.2) is 9.97 Å². The Kier molecular flexibility index (Phi) is 7.24. The molecular formula is C20H16BrClN4O2S. The van der Waals surface area contributed by atoms with Crippen molar-refractivity contribution < 1.29 is 9.59 Å². The van der Waals surface area contributed by atoms with Crippen molar-refractivity contribution in [1.29, 1.82) is 0 Å². The van der Waals surface area contributed by atoms with Gasteiger partial charge in [0.2, 0.25) is 0 Å². The van der Waals surface area contributed by atoms with Crippen LogP contribution in [0.3, 0.4) is 0 Å². The molecule has 2 aromatic carbocycles. The number of amides is 2. The van der Waals surface area contributed by atoms with E-state index in [1.54, 1.807) is 24.3 Å². The van der Waals surface area contributed by atoms with Crippen molar-refractivity contribution in [2.45, 2.75) is 17.8 Å². The number of carbonyl (C=O) groups excluding carboxylic acids is 2. The number of thioether (sulfide) groups is 1. The fraction of sp³-hybridized carbons (Fsp3) is 0.100. The van der Waals surface area contributed by atoms with Gasteiger partial charge in [0, 0.05) is 22.5 Å². The number of hydrazine groups is 1. The van der Waals surface area contributed by atoms with Crippen LogP contribution in [0.15, 0.2) is 64.4 Å². The van der Waals surface area contributed by atoms with E-state index in [2.05, 4.69) is 36.7 Å². The number of rotatable bonds is 5. The highest BCUT2D eigenvalue weighted by molar-refractivity contribution is 9.10. The average Bonchev–Trinajstić information content (AvgIpc) is 2.73. The minimum atomic E-state index is -0.557. The summed E-state index contributed by atoms with van der Waals surface area (Å²) in [6.45, 7) is 2.03. The minimum absolute atomic E-state index is 0.128. The van der Waals surface area contributed by atoms with Crippen LogP contribution in [0.1, 0.15) is 32.0 Å². The largest absolute Gasteiger partial charge is 0.289 e. The zero-order valence-electron chi connectivity index (χ0n) is 15.3. The van der Waals surface area contributed by atoms with Gasteiger partial charge in [0.25, 0.3) is 11.8 Å². The van der Waals surface area contributed by atoms with Crippen LogP contribution >= 0.6 is 39.3 Å². The van der Waals surface area contributed by atoms with Crippen molar-refractivity contribution in [1.82, 2.24) is 20.8 Å². The van der Waals surface area contributed by atoms with Gasteiger partial charge in [-0.1, -0.05) is 53.2 Å². The van der Waals surface area contributed by atoms with Gasteiger partial charge in [0.15, 0.2) is 5.16 Å². The topological polar surface area (TPSA) is 84.0 Å². The lowest BCUT2D eigenvalue weighted by molar-refractivity contribution is 0.0843. The Balaban J connectivity index is 1.62. The van der Waals surface area contributed by atoms with Crippen molar-refractivity contribution in [3.8, 4) is 0 Å². The molecule has 0 unspecified atom stereocenters. The molecule has 1 aromatic heterocycles. The molecule has 0 spiro atoms. The summed E-state index contributed by atoms with van der Waals surface area (Å²) in [6.07, 6.45) is 1.51. The van der Waals surface area contributed by atoms with Gasteiger partial charge >= 0.3 is 0 Å². The Labute approximate surface area is 185 Å². The molecule has 29 heavy (non-hydrogen) atoms. The lowest BCUT2D eigenvalue weighted by atomic mass is 10.2. The lowest BCUT2D eigenvalue weighted by Crippen LogP contribution is -2.42. The lowest BCUT2D eigenvalue weighted by Gasteiger charge is -2.09. The first-order valence-electron chi connectivity index (χ1n) is 8.49. The predicted molar refractivity (Wildman–Crippen MR) is 117 cm³/mol. The third kappa shape index (κ3) is 6.03. The number of carbonyl (C=O) groups is 2. The molecular weight excluding hydrogens is 476 g/mol. The molecule has 0 fully saturated rings. The molecule has 0 radical (unpaired) electrons. The van der Waals surface area contributed by atoms with E-state index >= 15 is 0 Å². The molecule has 0 aliphatic rings. The van der Waals surface area contributed by atoms with Crippen molar-refractivity contribution in [2.75, 3.05) is 0 Å². The summed E-state index contributed by atoms with van der Waals surface area (Å²) in [6, 6.07) is 14.5. The van der Waals surface area contributed by atoms with Gasteiger partial charge in [-0.2, -0.15) is 0 Å². The van der Waals surface area contributed by atoms with Crippen LogP contribution in [0.2, 0.25) is 5.02 Å². The summed E-state index contributed by atoms with van der Waals surface area (Å²) in [4.78, 5) is 33.1. The molecule has 1 heterocycles. The molecule has 0 bridgehead atoms. The second kappa shape index (κ2) is 9.87. The van der Waals surface area contributed by atoms with Crippen LogP contribution in [0.25, 0.3) is 0 Å². The zero-order chi connectivity index (χ0) is 20.8. The second-order valence-electron chi connectivity index (χ2n) is 6.04. The maximum atomic E-state index is 12.4. The Morgan fingerprint density at radius 1 is 1.03 bits per heavy atom. The Bertz CT molecular complexity index is 1030. The summed E-state index contributed by atoms with van der Waals surface area (Å²) >= 11 is 10.5. The highest BCUT2D eigenvalue weighted by Crippen LogP contribution is 2.22. The molecule has 0 saturated heterocycles. The first-order valence-corrected chi connectivity index (χ1v) is 10.6. The number of nitrogens with one attached hydrogen (secondary N) is 2. The molecule has 3 aromatic rings. The number of nitrogens with zero attached hydrogens (tertiary/aromatic N) is 2. The predicted octanol–water partition coefficient (Wildman–Crippen LogP) is 4.57. The first kappa shape index (κ1) is 21.3. The molecule has 3 rings (SSSR count). The highest BCUT2D eigenvalue weighted by Gasteiger charge is 2.15. The van der Waals surface area contributed by atoms with Gasteiger partial charge in [-0.15, -0.1) is 0 Å². The second-order valence-corrected chi connectivity index (χ2v) is 8.27. The van der Waals surface area contributed by atoms with E-state index in [-0.39, 0.29) is 5.69 Å². The molecule has 148 valence electrons. The number of aryl methyl sites for hydroxylation is 1. The highest BCUT2D eigenvalue weighted by atomic mass is 79.9. The average molecular weight is 492 g/mol. The van der Waals surface area contributed by atoms with Gasteiger partial charge in [-0.05, 0) is 52.7 Å². The summed E-state index contributed by atoms with van der Waals surface area (Å²) < 4.78 is 0.426. The minimum Gasteiger partial charge on any atom is -0.267 e. The van der Waals surface area contributed by atoms with E-state index < -0.39 is 11.8 Å². The van der Waals surface area contributed by atoms with Crippen LogP contribution < -0.4 is 10.9 Å². The molecule has 0 aliphatic carbocycles. The fourth-order valence-corrected chi connectivity index (χ4v) is 3.53. The quantitative estimate of drug-likeness (QED) is 0.310. The smallest absolute Gasteiger partial charge is 0.267 e. The van der Waals surface area contributed by atoms with E-state index in [1.807, 2.05) is 31.2 Å². The standard InChI is InChI=1S/C20H16BrClN4O2S/c1-12-2-4-13(5-3-12)11-29-20-23-10-16(21)17(24-20)19(28)26-25-18(27)14-6-8-15(22)9-7-14/h2-10H,11H2,1H3,(H,25,27)(H,26,28). The summed E-state index contributed by atoms with van der Waals surface area (Å²) in [5.74, 6) is -0.344. The molecule has 9 heteroatoms. The summed E-state index contributed by atoms with van der Waals surface area (Å²) in [5.41, 5.74) is 7.54. The van der Waals surface area contributed by atoms with E-state index in [4.69, 9.17) is 11.6 Å². The van der Waals surface area contributed by atoms with Crippen LogP contribution in [0.4, 0.5) is 0 Å². The molecule has 2 N–H and O–H groups in total. The summed E-state index contributed by atoms with van der Waals surface area (Å²) in [7, 11) is 0. The Morgan fingerprint density at radius 3 is 2.38 bits per heavy atom. The molecule has 6 nitrogen and oxygen atoms in total.